The van der Waals surface area contributed by atoms with Crippen molar-refractivity contribution in [3.05, 3.63) is 48.0 Å². The number of hydrogen-bond donors (Lipinski definition) is 0. The molecule has 1 aliphatic rings. The first kappa shape index (κ1) is 14.1. The predicted octanol–water partition coefficient (Wildman–Crippen LogP) is 2.10. The molecule has 0 spiro atoms. The van der Waals surface area contributed by atoms with Gasteiger partial charge in [-0.25, -0.2) is 8.42 Å². The van der Waals surface area contributed by atoms with E-state index in [2.05, 4.69) is 0 Å². The van der Waals surface area contributed by atoms with Gasteiger partial charge >= 0.3 is 0 Å². The third kappa shape index (κ3) is 2.65. The van der Waals surface area contributed by atoms with Crippen LogP contribution in [0.15, 0.2) is 42.5 Å². The maximum atomic E-state index is 12.7. The summed E-state index contributed by atoms with van der Waals surface area (Å²) in [5, 5.41) is 1.49. The van der Waals surface area contributed by atoms with Gasteiger partial charge in [0.05, 0.1) is 5.25 Å². The van der Waals surface area contributed by atoms with Crippen molar-refractivity contribution in [1.82, 2.24) is 4.90 Å². The lowest BCUT2D eigenvalue weighted by Gasteiger charge is -2.17. The summed E-state index contributed by atoms with van der Waals surface area (Å²) in [7, 11) is -3.09. The van der Waals surface area contributed by atoms with Crippen molar-refractivity contribution < 1.29 is 13.2 Å². The summed E-state index contributed by atoms with van der Waals surface area (Å²) in [6.07, 6.45) is 1.76. The van der Waals surface area contributed by atoms with E-state index in [4.69, 9.17) is 0 Å². The van der Waals surface area contributed by atoms with E-state index in [-0.39, 0.29) is 5.91 Å². The number of benzene rings is 2. The molecule has 5 heteroatoms. The minimum Gasteiger partial charge on any atom is -0.337 e. The largest absolute Gasteiger partial charge is 0.337 e. The molecule has 3 rings (SSSR count). The van der Waals surface area contributed by atoms with Crippen LogP contribution in [0.3, 0.4) is 0 Å². The molecule has 2 aromatic rings. The van der Waals surface area contributed by atoms with Crippen molar-refractivity contribution in [3.8, 4) is 0 Å². The second-order valence-corrected chi connectivity index (χ2v) is 7.84. The van der Waals surface area contributed by atoms with E-state index in [1.165, 1.54) is 6.26 Å². The molecule has 1 saturated heterocycles. The first-order valence-corrected chi connectivity index (χ1v) is 8.88. The van der Waals surface area contributed by atoms with Gasteiger partial charge in [0, 0.05) is 24.9 Å². The monoisotopic (exact) mass is 303 g/mol. The van der Waals surface area contributed by atoms with Gasteiger partial charge in [-0.2, -0.15) is 0 Å². The number of likely N-dealkylation sites (tertiary alicyclic amines) is 1. The molecule has 21 heavy (non-hydrogen) atoms. The van der Waals surface area contributed by atoms with Gasteiger partial charge in [-0.1, -0.05) is 36.4 Å². The molecule has 1 amide bonds. The Morgan fingerprint density at radius 2 is 1.86 bits per heavy atom. The van der Waals surface area contributed by atoms with E-state index < -0.39 is 15.1 Å². The highest BCUT2D eigenvalue weighted by molar-refractivity contribution is 7.91. The van der Waals surface area contributed by atoms with Crippen LogP contribution in [0, 0.1) is 0 Å². The Morgan fingerprint density at radius 3 is 2.57 bits per heavy atom. The lowest BCUT2D eigenvalue weighted by molar-refractivity contribution is 0.0795. The number of carbonyl (C=O) groups is 1. The fourth-order valence-corrected chi connectivity index (χ4v) is 3.83. The summed E-state index contributed by atoms with van der Waals surface area (Å²) in [6.45, 7) is 0.792. The molecule has 0 radical (unpaired) electrons. The fourth-order valence-electron chi connectivity index (χ4n) is 2.84. The molecule has 0 bridgehead atoms. The Bertz CT molecular complexity index is 793. The zero-order chi connectivity index (χ0) is 15.0. The molecule has 2 aromatic carbocycles. The molecule has 0 saturated carbocycles. The Hall–Kier alpha value is -1.88. The molecule has 0 N–H and O–H groups in total. The Kier molecular flexibility index (Phi) is 3.45. The van der Waals surface area contributed by atoms with Crippen molar-refractivity contribution in [2.75, 3.05) is 19.3 Å². The minimum absolute atomic E-state index is 0.0852. The van der Waals surface area contributed by atoms with E-state index in [1.54, 1.807) is 11.0 Å². The first-order chi connectivity index (χ1) is 9.97. The predicted molar refractivity (Wildman–Crippen MR) is 83.1 cm³/mol. The van der Waals surface area contributed by atoms with E-state index >= 15 is 0 Å². The molecule has 1 atom stereocenters. The van der Waals surface area contributed by atoms with Gasteiger partial charge in [-0.05, 0) is 23.3 Å². The van der Waals surface area contributed by atoms with Crippen LogP contribution in [0.5, 0.6) is 0 Å². The van der Waals surface area contributed by atoms with Crippen molar-refractivity contribution in [1.29, 1.82) is 0 Å². The molecular formula is C16H17NO3S. The van der Waals surface area contributed by atoms with Crippen molar-refractivity contribution in [2.24, 2.45) is 0 Å². The van der Waals surface area contributed by atoms with Gasteiger partial charge < -0.3 is 4.90 Å². The van der Waals surface area contributed by atoms with Gasteiger partial charge in [-0.3, -0.25) is 4.79 Å². The van der Waals surface area contributed by atoms with E-state index in [0.717, 1.165) is 10.8 Å². The van der Waals surface area contributed by atoms with E-state index in [0.29, 0.717) is 25.1 Å². The van der Waals surface area contributed by atoms with Crippen molar-refractivity contribution >= 4 is 26.5 Å². The van der Waals surface area contributed by atoms with E-state index in [9.17, 15) is 13.2 Å². The third-order valence-electron chi connectivity index (χ3n) is 4.06. The maximum absolute atomic E-state index is 12.7. The van der Waals surface area contributed by atoms with Gasteiger partial charge in [-0.15, -0.1) is 0 Å². The Balaban J connectivity index is 1.92. The Morgan fingerprint density at radius 1 is 1.14 bits per heavy atom. The Labute approximate surface area is 124 Å². The third-order valence-corrected chi connectivity index (χ3v) is 5.65. The average molecular weight is 303 g/mol. The van der Waals surface area contributed by atoms with Crippen LogP contribution in [-0.2, 0) is 9.84 Å². The number of fused-ring (bicyclic) bond motifs is 1. The normalized spacial score (nSPS) is 19.1. The summed E-state index contributed by atoms with van der Waals surface area (Å²) < 4.78 is 23.2. The zero-order valence-corrected chi connectivity index (χ0v) is 12.6. The molecule has 1 fully saturated rings. The molecule has 0 aromatic heterocycles. The lowest BCUT2D eigenvalue weighted by Crippen LogP contribution is -2.31. The number of nitrogens with zero attached hydrogens (tertiary/aromatic N) is 1. The number of amides is 1. The molecule has 1 unspecified atom stereocenters. The minimum atomic E-state index is -3.09. The lowest BCUT2D eigenvalue weighted by atomic mass is 10.0. The van der Waals surface area contributed by atoms with Crippen LogP contribution in [-0.4, -0.2) is 43.8 Å². The van der Waals surface area contributed by atoms with Crippen molar-refractivity contribution in [2.45, 2.75) is 11.7 Å². The van der Waals surface area contributed by atoms with Gasteiger partial charge in [0.1, 0.15) is 0 Å². The number of rotatable bonds is 2. The molecular weight excluding hydrogens is 286 g/mol. The highest BCUT2D eigenvalue weighted by Crippen LogP contribution is 2.23. The number of sulfone groups is 1. The first-order valence-electron chi connectivity index (χ1n) is 6.93. The molecule has 4 nitrogen and oxygen atoms in total. The van der Waals surface area contributed by atoms with Crippen LogP contribution in [0.2, 0.25) is 0 Å². The summed E-state index contributed by atoms with van der Waals surface area (Å²) in [5.74, 6) is -0.0852. The second kappa shape index (κ2) is 5.15. The topological polar surface area (TPSA) is 54.5 Å². The average Bonchev–Trinajstić information content (AvgIpc) is 2.96. The summed E-state index contributed by atoms with van der Waals surface area (Å²) in [5.41, 5.74) is 0.641. The van der Waals surface area contributed by atoms with Gasteiger partial charge in [0.15, 0.2) is 9.84 Å². The van der Waals surface area contributed by atoms with Crippen molar-refractivity contribution in [3.63, 3.8) is 0 Å². The number of carbonyl (C=O) groups excluding carboxylic acids is 1. The summed E-state index contributed by atoms with van der Waals surface area (Å²) in [6, 6.07) is 13.4. The fraction of sp³-hybridized carbons (Fsp3) is 0.312. The summed E-state index contributed by atoms with van der Waals surface area (Å²) in [4.78, 5) is 14.3. The summed E-state index contributed by atoms with van der Waals surface area (Å²) >= 11 is 0. The zero-order valence-electron chi connectivity index (χ0n) is 11.8. The molecule has 110 valence electrons. The SMILES string of the molecule is CS(=O)(=O)C1CCN(C(=O)c2cccc3ccccc23)C1. The van der Waals surface area contributed by atoms with Gasteiger partial charge in [0.25, 0.3) is 5.91 Å². The quantitative estimate of drug-likeness (QED) is 0.853. The van der Waals surface area contributed by atoms with E-state index in [1.807, 2.05) is 36.4 Å². The van der Waals surface area contributed by atoms with Crippen LogP contribution < -0.4 is 0 Å². The van der Waals surface area contributed by atoms with Crippen LogP contribution >= 0.6 is 0 Å². The highest BCUT2D eigenvalue weighted by Gasteiger charge is 2.33. The maximum Gasteiger partial charge on any atom is 0.254 e. The molecule has 1 aliphatic heterocycles. The molecule has 1 heterocycles. The van der Waals surface area contributed by atoms with Crippen LogP contribution in [0.4, 0.5) is 0 Å². The van der Waals surface area contributed by atoms with Gasteiger partial charge in [0.2, 0.25) is 0 Å². The molecule has 0 aliphatic carbocycles. The smallest absolute Gasteiger partial charge is 0.254 e. The number of hydrogen-bond acceptors (Lipinski definition) is 3. The van der Waals surface area contributed by atoms with Crippen LogP contribution in [0.25, 0.3) is 10.8 Å². The standard InChI is InChI=1S/C16H17NO3S/c1-21(19,20)13-9-10-17(11-13)16(18)15-8-4-6-12-5-2-3-7-14(12)15/h2-8,13H,9-11H2,1H3. The van der Waals surface area contributed by atoms with Crippen LogP contribution in [0.1, 0.15) is 16.8 Å². The highest BCUT2D eigenvalue weighted by atomic mass is 32.2. The second-order valence-electron chi connectivity index (χ2n) is 5.52.